The second kappa shape index (κ2) is 8.71. The van der Waals surface area contributed by atoms with Crippen LogP contribution in [-0.4, -0.2) is 29.3 Å². The van der Waals surface area contributed by atoms with Crippen LogP contribution in [0.4, 0.5) is 9.52 Å². The summed E-state index contributed by atoms with van der Waals surface area (Å²) in [7, 11) is 0. The first-order valence-corrected chi connectivity index (χ1v) is 9.97. The summed E-state index contributed by atoms with van der Waals surface area (Å²) >= 11 is 7.41. The molecular weight excluding hydrogens is 419 g/mol. The number of carbonyl (C=O) groups excluding carboxylic acids is 2. The molecule has 2 N–H and O–H groups in total. The van der Waals surface area contributed by atoms with E-state index in [4.69, 9.17) is 16.3 Å². The van der Waals surface area contributed by atoms with Crippen molar-refractivity contribution in [2.75, 3.05) is 11.9 Å². The SMILES string of the molecule is CCOC(=O)C1=C(C)NC(c2csc(NC(C)=O)n2)=NC1c1cccc(F)c1Cl. The molecule has 1 aromatic carbocycles. The summed E-state index contributed by atoms with van der Waals surface area (Å²) in [5, 5.41) is 7.66. The Morgan fingerprint density at radius 1 is 1.41 bits per heavy atom. The van der Waals surface area contributed by atoms with Crippen LogP contribution in [0.5, 0.6) is 0 Å². The van der Waals surface area contributed by atoms with E-state index < -0.39 is 17.8 Å². The number of hydrogen-bond acceptors (Lipinski definition) is 7. The molecule has 0 bridgehead atoms. The van der Waals surface area contributed by atoms with Crippen molar-refractivity contribution in [1.82, 2.24) is 10.3 Å². The lowest BCUT2D eigenvalue weighted by molar-refractivity contribution is -0.139. The molecule has 7 nitrogen and oxygen atoms in total. The summed E-state index contributed by atoms with van der Waals surface area (Å²) < 4.78 is 19.2. The number of ether oxygens (including phenoxy) is 1. The van der Waals surface area contributed by atoms with Crippen molar-refractivity contribution >= 4 is 45.8 Å². The minimum Gasteiger partial charge on any atom is -0.463 e. The summed E-state index contributed by atoms with van der Waals surface area (Å²) in [6.45, 7) is 4.96. The second-order valence-electron chi connectivity index (χ2n) is 6.13. The lowest BCUT2D eigenvalue weighted by atomic mass is 9.95. The van der Waals surface area contributed by atoms with Crippen LogP contribution in [0, 0.1) is 5.82 Å². The number of nitrogens with zero attached hydrogens (tertiary/aromatic N) is 2. The lowest BCUT2D eigenvalue weighted by Gasteiger charge is -2.26. The van der Waals surface area contributed by atoms with Crippen molar-refractivity contribution in [2.24, 2.45) is 4.99 Å². The summed E-state index contributed by atoms with van der Waals surface area (Å²) in [6, 6.07) is 3.47. The number of carbonyl (C=O) groups is 2. The van der Waals surface area contributed by atoms with Gasteiger partial charge in [0.2, 0.25) is 5.91 Å². The van der Waals surface area contributed by atoms with Crippen molar-refractivity contribution in [3.8, 4) is 0 Å². The highest BCUT2D eigenvalue weighted by atomic mass is 35.5. The quantitative estimate of drug-likeness (QED) is 0.695. The topological polar surface area (TPSA) is 92.7 Å². The van der Waals surface area contributed by atoms with E-state index in [0.717, 1.165) is 0 Å². The van der Waals surface area contributed by atoms with Gasteiger partial charge in [0.15, 0.2) is 11.0 Å². The fourth-order valence-corrected chi connectivity index (χ4v) is 3.80. The second-order valence-corrected chi connectivity index (χ2v) is 7.36. The summed E-state index contributed by atoms with van der Waals surface area (Å²) in [4.78, 5) is 32.7. The maximum absolute atomic E-state index is 14.1. The van der Waals surface area contributed by atoms with Crippen molar-refractivity contribution < 1.29 is 18.7 Å². The maximum atomic E-state index is 14.1. The lowest BCUT2D eigenvalue weighted by Crippen LogP contribution is -2.33. The number of aromatic nitrogens is 1. The van der Waals surface area contributed by atoms with Crippen molar-refractivity contribution in [3.63, 3.8) is 0 Å². The average molecular weight is 437 g/mol. The number of amidine groups is 1. The predicted octanol–water partition coefficient (Wildman–Crippen LogP) is 3.82. The number of nitrogens with one attached hydrogen (secondary N) is 2. The third kappa shape index (κ3) is 4.46. The Morgan fingerprint density at radius 2 is 2.17 bits per heavy atom. The van der Waals surface area contributed by atoms with Crippen LogP contribution in [0.25, 0.3) is 0 Å². The Morgan fingerprint density at radius 3 is 2.86 bits per heavy atom. The Balaban J connectivity index is 2.07. The van der Waals surface area contributed by atoms with Gasteiger partial charge in [-0.3, -0.25) is 9.79 Å². The molecule has 1 unspecified atom stereocenters. The number of esters is 1. The first kappa shape index (κ1) is 20.9. The van der Waals surface area contributed by atoms with Crippen molar-refractivity contribution in [3.05, 3.63) is 56.9 Å². The van der Waals surface area contributed by atoms with Crippen LogP contribution < -0.4 is 10.6 Å². The molecule has 0 saturated carbocycles. The Hall–Kier alpha value is -2.78. The van der Waals surface area contributed by atoms with Gasteiger partial charge < -0.3 is 15.4 Å². The smallest absolute Gasteiger partial charge is 0.338 e. The van der Waals surface area contributed by atoms with Gasteiger partial charge in [0.05, 0.1) is 17.2 Å². The standard InChI is InChI=1S/C19H18ClFN4O3S/c1-4-28-18(27)14-9(2)22-17(13-8-29-19(24-13)23-10(3)26)25-16(14)11-6-5-7-12(21)15(11)20/h5-8,16H,4H2,1-3H3,(H,22,25)(H,23,24,26). The van der Waals surface area contributed by atoms with Crippen LogP contribution in [0.15, 0.2) is 39.8 Å². The van der Waals surface area contributed by atoms with Crippen molar-refractivity contribution in [1.29, 1.82) is 0 Å². The first-order chi connectivity index (χ1) is 13.8. The normalized spacial score (nSPS) is 16.2. The predicted molar refractivity (Wildman–Crippen MR) is 110 cm³/mol. The van der Waals surface area contributed by atoms with Gasteiger partial charge in [-0.05, 0) is 19.9 Å². The molecule has 10 heteroatoms. The molecule has 1 atom stereocenters. The van der Waals surface area contributed by atoms with Gasteiger partial charge >= 0.3 is 5.97 Å². The molecule has 2 aromatic rings. The number of hydrogen-bond donors (Lipinski definition) is 2. The number of rotatable bonds is 5. The molecule has 1 aromatic heterocycles. The maximum Gasteiger partial charge on any atom is 0.338 e. The average Bonchev–Trinajstić information content (AvgIpc) is 3.11. The zero-order chi connectivity index (χ0) is 21.1. The van der Waals surface area contributed by atoms with Gasteiger partial charge in [-0.1, -0.05) is 23.7 Å². The molecule has 3 rings (SSSR count). The monoisotopic (exact) mass is 436 g/mol. The largest absolute Gasteiger partial charge is 0.463 e. The van der Waals surface area contributed by atoms with Gasteiger partial charge in [0.1, 0.15) is 17.6 Å². The zero-order valence-corrected chi connectivity index (χ0v) is 17.4. The number of benzene rings is 1. The molecule has 0 saturated heterocycles. The van der Waals surface area contributed by atoms with E-state index in [1.165, 1.54) is 30.4 Å². The molecule has 1 amide bonds. The fourth-order valence-electron chi connectivity index (χ4n) is 2.83. The molecule has 0 radical (unpaired) electrons. The third-order valence-electron chi connectivity index (χ3n) is 4.04. The number of aliphatic imine (C=N–C) groups is 1. The van der Waals surface area contributed by atoms with E-state index in [1.807, 2.05) is 0 Å². The fraction of sp³-hybridized carbons (Fsp3) is 0.263. The summed E-state index contributed by atoms with van der Waals surface area (Å²) in [5.74, 6) is -1.05. The minimum atomic E-state index is -0.876. The van der Waals surface area contributed by atoms with Gasteiger partial charge in [-0.25, -0.2) is 14.2 Å². The zero-order valence-electron chi connectivity index (χ0n) is 15.9. The number of amides is 1. The van der Waals surface area contributed by atoms with E-state index in [9.17, 15) is 14.0 Å². The van der Waals surface area contributed by atoms with Crippen molar-refractivity contribution in [2.45, 2.75) is 26.8 Å². The highest BCUT2D eigenvalue weighted by Crippen LogP contribution is 2.37. The number of anilines is 1. The molecule has 0 fully saturated rings. The Bertz CT molecular complexity index is 1030. The highest BCUT2D eigenvalue weighted by Gasteiger charge is 2.33. The van der Waals surface area contributed by atoms with Crippen LogP contribution in [-0.2, 0) is 14.3 Å². The molecule has 152 valence electrons. The van der Waals surface area contributed by atoms with Crippen LogP contribution in [0.2, 0.25) is 5.02 Å². The molecule has 1 aliphatic rings. The van der Waals surface area contributed by atoms with E-state index in [-0.39, 0.29) is 23.1 Å². The first-order valence-electron chi connectivity index (χ1n) is 8.72. The van der Waals surface area contributed by atoms with E-state index in [0.29, 0.717) is 27.9 Å². The number of halogens is 2. The Kier molecular flexibility index (Phi) is 6.29. The third-order valence-corrected chi connectivity index (χ3v) is 5.20. The summed E-state index contributed by atoms with van der Waals surface area (Å²) in [5.41, 5.74) is 1.54. The van der Waals surface area contributed by atoms with Gasteiger partial charge in [0.25, 0.3) is 0 Å². The minimum absolute atomic E-state index is 0.116. The number of thiazole rings is 1. The van der Waals surface area contributed by atoms with Crippen LogP contribution in [0.1, 0.15) is 38.1 Å². The molecule has 29 heavy (non-hydrogen) atoms. The molecule has 1 aliphatic heterocycles. The van der Waals surface area contributed by atoms with E-state index >= 15 is 0 Å². The van der Waals surface area contributed by atoms with E-state index in [2.05, 4.69) is 20.6 Å². The summed E-state index contributed by atoms with van der Waals surface area (Å²) in [6.07, 6.45) is 0. The highest BCUT2D eigenvalue weighted by molar-refractivity contribution is 7.14. The molecular formula is C19H18ClFN4O3S. The number of allylic oxidation sites excluding steroid dienone is 1. The van der Waals surface area contributed by atoms with Gasteiger partial charge in [-0.15, -0.1) is 11.3 Å². The van der Waals surface area contributed by atoms with Gasteiger partial charge in [0, 0.05) is 23.6 Å². The van der Waals surface area contributed by atoms with Gasteiger partial charge in [-0.2, -0.15) is 0 Å². The molecule has 0 aliphatic carbocycles. The van der Waals surface area contributed by atoms with Crippen LogP contribution in [0.3, 0.4) is 0 Å². The Labute approximate surface area is 175 Å². The van der Waals surface area contributed by atoms with E-state index in [1.54, 1.807) is 25.3 Å². The molecule has 0 spiro atoms. The van der Waals surface area contributed by atoms with Crippen LogP contribution >= 0.6 is 22.9 Å². The molecule has 2 heterocycles.